The predicted molar refractivity (Wildman–Crippen MR) is 71.6 cm³/mol. The van der Waals surface area contributed by atoms with Crippen LogP contribution in [0.25, 0.3) is 0 Å². The molecule has 2 rings (SSSR count). The molecule has 0 atom stereocenters. The Kier molecular flexibility index (Phi) is 4.13. The smallest absolute Gasteiger partial charge is 0.307 e. The van der Waals surface area contributed by atoms with Gasteiger partial charge in [-0.2, -0.15) is 0 Å². The first-order valence-electron chi connectivity index (χ1n) is 5.73. The van der Waals surface area contributed by atoms with Crippen molar-refractivity contribution in [1.82, 2.24) is 5.16 Å². The molecule has 0 amide bonds. The molecule has 8 nitrogen and oxygen atoms in total. The molecule has 0 saturated carbocycles. The van der Waals surface area contributed by atoms with Gasteiger partial charge in [0.1, 0.15) is 17.7 Å². The minimum Gasteiger partial charge on any atom is -0.497 e. The first-order valence-corrected chi connectivity index (χ1v) is 7.21. The molecule has 0 bridgehead atoms. The summed E-state index contributed by atoms with van der Waals surface area (Å²) in [6.45, 7) is 0. The number of sulfonamides is 1. The summed E-state index contributed by atoms with van der Waals surface area (Å²) in [5.74, 6) is -0.778. The van der Waals surface area contributed by atoms with Crippen molar-refractivity contribution >= 4 is 21.7 Å². The van der Waals surface area contributed by atoms with Gasteiger partial charge in [-0.25, -0.2) is 8.42 Å². The number of carboxylic acids is 1. The number of carbonyl (C=O) groups is 1. The second-order valence-electron chi connectivity index (χ2n) is 4.06. The number of aromatic nitrogens is 1. The van der Waals surface area contributed by atoms with E-state index in [-0.39, 0.29) is 16.1 Å². The molecule has 112 valence electrons. The molecule has 0 fully saturated rings. The van der Waals surface area contributed by atoms with Crippen molar-refractivity contribution in [3.63, 3.8) is 0 Å². The highest BCUT2D eigenvalue weighted by Crippen LogP contribution is 2.24. The van der Waals surface area contributed by atoms with Crippen molar-refractivity contribution in [2.24, 2.45) is 0 Å². The van der Waals surface area contributed by atoms with Crippen LogP contribution in [0.2, 0.25) is 0 Å². The van der Waals surface area contributed by atoms with Gasteiger partial charge in [0, 0.05) is 0 Å². The van der Waals surface area contributed by atoms with E-state index in [1.807, 2.05) is 0 Å². The van der Waals surface area contributed by atoms with E-state index in [0.717, 1.165) is 6.26 Å². The summed E-state index contributed by atoms with van der Waals surface area (Å²) in [7, 11) is -2.55. The molecular formula is C12H12N2O6S. The lowest BCUT2D eigenvalue weighted by Crippen LogP contribution is -2.16. The number of carboxylic acid groups (broad SMARTS) is 1. The molecule has 0 radical (unpaired) electrons. The quantitative estimate of drug-likeness (QED) is 0.820. The Labute approximate surface area is 120 Å². The Balaban J connectivity index is 2.43. The van der Waals surface area contributed by atoms with Crippen LogP contribution in [0, 0.1) is 0 Å². The summed E-state index contributed by atoms with van der Waals surface area (Å²) in [6.07, 6.45) is 1.87. The average molecular weight is 312 g/mol. The summed E-state index contributed by atoms with van der Waals surface area (Å²) in [4.78, 5) is 10.7. The maximum absolute atomic E-state index is 12.3. The summed E-state index contributed by atoms with van der Waals surface area (Å²) in [5, 5.41) is 12.3. The monoisotopic (exact) mass is 312 g/mol. The number of methoxy groups -OCH3 is 1. The Morgan fingerprint density at radius 2 is 2.24 bits per heavy atom. The normalized spacial score (nSPS) is 11.1. The van der Waals surface area contributed by atoms with Gasteiger partial charge in [0.2, 0.25) is 0 Å². The number of nitrogens with zero attached hydrogens (tertiary/aromatic N) is 1. The van der Waals surface area contributed by atoms with Crippen LogP contribution >= 0.6 is 0 Å². The lowest BCUT2D eigenvalue weighted by Gasteiger charge is -2.11. The van der Waals surface area contributed by atoms with E-state index in [1.165, 1.54) is 31.5 Å². The second-order valence-corrected chi connectivity index (χ2v) is 5.71. The van der Waals surface area contributed by atoms with Crippen LogP contribution in [0.3, 0.4) is 0 Å². The molecule has 0 aliphatic heterocycles. The molecule has 0 aliphatic carbocycles. The maximum Gasteiger partial charge on any atom is 0.307 e. The fourth-order valence-corrected chi connectivity index (χ4v) is 2.96. The molecule has 2 N–H and O–H groups in total. The zero-order valence-electron chi connectivity index (χ0n) is 10.9. The largest absolute Gasteiger partial charge is 0.497 e. The van der Waals surface area contributed by atoms with Gasteiger partial charge in [-0.15, -0.1) is 0 Å². The Bertz CT molecular complexity index is 739. The molecule has 0 saturated heterocycles. The van der Waals surface area contributed by atoms with Crippen LogP contribution in [0.5, 0.6) is 5.75 Å². The van der Waals surface area contributed by atoms with Gasteiger partial charge in [-0.3, -0.25) is 9.52 Å². The molecule has 9 heteroatoms. The van der Waals surface area contributed by atoms with Crippen molar-refractivity contribution in [2.45, 2.75) is 11.3 Å². The summed E-state index contributed by atoms with van der Waals surface area (Å²) < 4.78 is 36.3. The Morgan fingerprint density at radius 1 is 1.48 bits per heavy atom. The SMILES string of the molecule is COc1ccc(S(=O)(=O)Nc2cnoc2)c(CC(=O)O)c1. The molecular weight excluding hydrogens is 300 g/mol. The molecule has 21 heavy (non-hydrogen) atoms. The number of hydrogen-bond donors (Lipinski definition) is 2. The maximum atomic E-state index is 12.3. The second kappa shape index (κ2) is 5.83. The summed E-state index contributed by atoms with van der Waals surface area (Å²) in [6, 6.07) is 4.09. The van der Waals surface area contributed by atoms with Gasteiger partial charge in [-0.1, -0.05) is 5.16 Å². The highest BCUT2D eigenvalue weighted by atomic mass is 32.2. The van der Waals surface area contributed by atoms with E-state index in [1.54, 1.807) is 0 Å². The van der Waals surface area contributed by atoms with Gasteiger partial charge < -0.3 is 14.4 Å². The molecule has 1 aromatic heterocycles. The number of rotatable bonds is 6. The van der Waals surface area contributed by atoms with Crippen LogP contribution in [-0.4, -0.2) is 31.8 Å². The van der Waals surface area contributed by atoms with E-state index in [2.05, 4.69) is 14.4 Å². The fourth-order valence-electron chi connectivity index (χ4n) is 1.71. The topological polar surface area (TPSA) is 119 Å². The first kappa shape index (κ1) is 14.9. The van der Waals surface area contributed by atoms with Crippen LogP contribution < -0.4 is 9.46 Å². The van der Waals surface area contributed by atoms with Crippen molar-refractivity contribution < 1.29 is 27.6 Å². The van der Waals surface area contributed by atoms with E-state index >= 15 is 0 Å². The van der Waals surface area contributed by atoms with Gasteiger partial charge >= 0.3 is 5.97 Å². The predicted octanol–water partition coefficient (Wildman–Crippen LogP) is 1.11. The van der Waals surface area contributed by atoms with Crippen LogP contribution in [-0.2, 0) is 21.2 Å². The highest BCUT2D eigenvalue weighted by Gasteiger charge is 2.21. The number of nitrogens with one attached hydrogen (secondary N) is 1. The fraction of sp³-hybridized carbons (Fsp3) is 0.167. The zero-order valence-corrected chi connectivity index (χ0v) is 11.8. The minimum absolute atomic E-state index is 0.116. The Morgan fingerprint density at radius 3 is 2.81 bits per heavy atom. The minimum atomic E-state index is -3.95. The lowest BCUT2D eigenvalue weighted by atomic mass is 10.1. The van der Waals surface area contributed by atoms with Gasteiger partial charge in [0.05, 0.1) is 24.6 Å². The van der Waals surface area contributed by atoms with E-state index in [0.29, 0.717) is 5.75 Å². The Hall–Kier alpha value is -2.55. The van der Waals surface area contributed by atoms with Crippen molar-refractivity contribution in [2.75, 3.05) is 11.8 Å². The number of ether oxygens (including phenoxy) is 1. The first-order chi connectivity index (χ1) is 9.92. The molecule has 1 heterocycles. The summed E-state index contributed by atoms with van der Waals surface area (Å²) in [5.41, 5.74) is 0.262. The van der Waals surface area contributed by atoms with E-state index in [9.17, 15) is 13.2 Å². The van der Waals surface area contributed by atoms with Crippen LogP contribution in [0.4, 0.5) is 5.69 Å². The van der Waals surface area contributed by atoms with E-state index in [4.69, 9.17) is 9.84 Å². The third-order valence-electron chi connectivity index (χ3n) is 2.58. The third-order valence-corrected chi connectivity index (χ3v) is 4.07. The van der Waals surface area contributed by atoms with Gasteiger partial charge in [0.15, 0.2) is 0 Å². The number of benzene rings is 1. The van der Waals surface area contributed by atoms with Gasteiger partial charge in [-0.05, 0) is 23.8 Å². The lowest BCUT2D eigenvalue weighted by molar-refractivity contribution is -0.136. The molecule has 0 aliphatic rings. The zero-order chi connectivity index (χ0) is 15.5. The van der Waals surface area contributed by atoms with Crippen molar-refractivity contribution in [1.29, 1.82) is 0 Å². The molecule has 0 spiro atoms. The number of aliphatic carboxylic acids is 1. The molecule has 0 unspecified atom stereocenters. The number of anilines is 1. The standard InChI is InChI=1S/C12H12N2O6S/c1-19-10-2-3-11(8(4-10)5-12(15)16)21(17,18)14-9-6-13-20-7-9/h2-4,6-7,14H,5H2,1H3,(H,15,16). The average Bonchev–Trinajstić information content (AvgIpc) is 2.89. The van der Waals surface area contributed by atoms with Crippen molar-refractivity contribution in [3.8, 4) is 5.75 Å². The third kappa shape index (κ3) is 3.51. The summed E-state index contributed by atoms with van der Waals surface area (Å²) >= 11 is 0. The highest BCUT2D eigenvalue weighted by molar-refractivity contribution is 7.92. The van der Waals surface area contributed by atoms with Crippen molar-refractivity contribution in [3.05, 3.63) is 36.2 Å². The molecule has 2 aromatic rings. The number of hydrogen-bond acceptors (Lipinski definition) is 6. The molecule has 1 aromatic carbocycles. The van der Waals surface area contributed by atoms with Crippen LogP contribution in [0.15, 0.2) is 40.1 Å². The van der Waals surface area contributed by atoms with Gasteiger partial charge in [0.25, 0.3) is 10.0 Å². The van der Waals surface area contributed by atoms with E-state index < -0.39 is 22.4 Å². The van der Waals surface area contributed by atoms with Crippen LogP contribution in [0.1, 0.15) is 5.56 Å².